The number of nitrogens with zero attached hydrogens (tertiary/aromatic N) is 1. The number of benzene rings is 1. The minimum absolute atomic E-state index is 0.149. The van der Waals surface area contributed by atoms with Crippen LogP contribution in [0.2, 0.25) is 10.0 Å². The molecule has 1 fully saturated rings. The summed E-state index contributed by atoms with van der Waals surface area (Å²) in [6, 6.07) is 5.12. The van der Waals surface area contributed by atoms with Gasteiger partial charge in [-0.15, -0.1) is 0 Å². The molecule has 108 valence electrons. The Balaban J connectivity index is 2.12. The Kier molecular flexibility index (Phi) is 4.55. The molecule has 1 N–H and O–H groups in total. The van der Waals surface area contributed by atoms with Crippen LogP contribution in [0.25, 0.3) is 0 Å². The molecular weight excluding hydrogens is 431 g/mol. The maximum absolute atomic E-state index is 12.1. The first-order valence-electron chi connectivity index (χ1n) is 5.85. The minimum Gasteiger partial charge on any atom is -0.272 e. The molecule has 1 aromatic rings. The van der Waals surface area contributed by atoms with Gasteiger partial charge in [0.2, 0.25) is 5.91 Å². The first-order chi connectivity index (χ1) is 9.17. The minimum atomic E-state index is -0.505. The number of carbonyl (C=O) groups is 1. The summed E-state index contributed by atoms with van der Waals surface area (Å²) in [5.41, 5.74) is 3.37. The van der Waals surface area contributed by atoms with Crippen LogP contribution in [0.4, 0.5) is 0 Å². The van der Waals surface area contributed by atoms with Gasteiger partial charge in [0.25, 0.3) is 0 Å². The zero-order chi connectivity index (χ0) is 15.1. The summed E-state index contributed by atoms with van der Waals surface area (Å²) >= 11 is 18.9. The largest absolute Gasteiger partial charge is 0.272 e. The molecule has 0 aliphatic heterocycles. The molecule has 1 aliphatic carbocycles. The molecule has 2 rings (SSSR count). The van der Waals surface area contributed by atoms with Crippen LogP contribution in [-0.4, -0.2) is 14.9 Å². The zero-order valence-electron chi connectivity index (χ0n) is 10.8. The van der Waals surface area contributed by atoms with Gasteiger partial charge < -0.3 is 0 Å². The SMILES string of the molecule is CC(=NNC(=O)C1(C)CC1(Br)Br)c1cc(Cl)ccc1Cl. The molecule has 1 saturated carbocycles. The molecule has 0 aromatic heterocycles. The second kappa shape index (κ2) is 5.59. The molecule has 7 heteroatoms. The number of rotatable bonds is 3. The van der Waals surface area contributed by atoms with Crippen molar-refractivity contribution in [1.82, 2.24) is 5.43 Å². The number of alkyl halides is 2. The Morgan fingerprint density at radius 2 is 2.00 bits per heavy atom. The third kappa shape index (κ3) is 3.06. The van der Waals surface area contributed by atoms with Gasteiger partial charge in [-0.2, -0.15) is 5.10 Å². The van der Waals surface area contributed by atoms with Crippen LogP contribution in [0, 0.1) is 5.41 Å². The van der Waals surface area contributed by atoms with E-state index in [1.807, 2.05) is 6.92 Å². The number of amides is 1. The highest BCUT2D eigenvalue weighted by Crippen LogP contribution is 2.66. The lowest BCUT2D eigenvalue weighted by molar-refractivity contribution is -0.125. The fraction of sp³-hybridized carbons (Fsp3) is 0.385. The number of hydrazone groups is 1. The average molecular weight is 443 g/mol. The monoisotopic (exact) mass is 440 g/mol. The predicted molar refractivity (Wildman–Crippen MR) is 90.1 cm³/mol. The van der Waals surface area contributed by atoms with Crippen LogP contribution >= 0.6 is 55.1 Å². The third-order valence-corrected chi connectivity index (χ3v) is 6.28. The zero-order valence-corrected chi connectivity index (χ0v) is 15.5. The number of hydrogen-bond acceptors (Lipinski definition) is 2. The van der Waals surface area contributed by atoms with Crippen LogP contribution in [-0.2, 0) is 4.79 Å². The summed E-state index contributed by atoms with van der Waals surface area (Å²) in [6.45, 7) is 3.63. The highest BCUT2D eigenvalue weighted by molar-refractivity contribution is 9.25. The Bertz CT molecular complexity index is 604. The number of nitrogens with one attached hydrogen (secondary N) is 1. The molecule has 1 atom stereocenters. The van der Waals surface area contributed by atoms with Gasteiger partial charge in [-0.1, -0.05) is 55.1 Å². The van der Waals surface area contributed by atoms with Crippen LogP contribution in [0.1, 0.15) is 25.8 Å². The molecule has 1 aromatic carbocycles. The molecule has 0 saturated heterocycles. The van der Waals surface area contributed by atoms with E-state index in [1.54, 1.807) is 25.1 Å². The topological polar surface area (TPSA) is 41.5 Å². The molecule has 0 radical (unpaired) electrons. The lowest BCUT2D eigenvalue weighted by Crippen LogP contribution is -2.30. The van der Waals surface area contributed by atoms with Crippen LogP contribution in [0.5, 0.6) is 0 Å². The van der Waals surface area contributed by atoms with Crippen molar-refractivity contribution < 1.29 is 4.79 Å². The van der Waals surface area contributed by atoms with E-state index in [9.17, 15) is 4.79 Å². The lowest BCUT2D eigenvalue weighted by Gasteiger charge is -2.11. The Labute approximate surface area is 144 Å². The first kappa shape index (κ1) is 16.3. The highest BCUT2D eigenvalue weighted by Gasteiger charge is 2.66. The standard InChI is InChI=1S/C13H12Br2Cl2N2O/c1-7(9-5-8(16)3-4-10(9)17)18-19-11(20)12(2)6-13(12,14)15/h3-5H,6H2,1-2H3,(H,19,20). The van der Waals surface area contributed by atoms with Crippen molar-refractivity contribution in [3.63, 3.8) is 0 Å². The highest BCUT2D eigenvalue weighted by atomic mass is 79.9. The van der Waals surface area contributed by atoms with E-state index in [4.69, 9.17) is 23.2 Å². The second-order valence-electron chi connectivity index (χ2n) is 4.98. The number of halogens is 4. The van der Waals surface area contributed by atoms with E-state index >= 15 is 0 Å². The quantitative estimate of drug-likeness (QED) is 0.410. The molecule has 20 heavy (non-hydrogen) atoms. The molecule has 0 bridgehead atoms. The average Bonchev–Trinajstić information content (AvgIpc) is 2.89. The van der Waals surface area contributed by atoms with Gasteiger partial charge in [0.05, 0.1) is 14.4 Å². The van der Waals surface area contributed by atoms with E-state index in [1.165, 1.54) is 0 Å². The van der Waals surface area contributed by atoms with Crippen molar-refractivity contribution in [1.29, 1.82) is 0 Å². The summed E-state index contributed by atoms with van der Waals surface area (Å²) in [7, 11) is 0. The van der Waals surface area contributed by atoms with E-state index in [0.29, 0.717) is 27.7 Å². The maximum Gasteiger partial charge on any atom is 0.248 e. The van der Waals surface area contributed by atoms with Crippen molar-refractivity contribution in [2.75, 3.05) is 0 Å². The van der Waals surface area contributed by atoms with Gasteiger partial charge in [-0.25, -0.2) is 5.43 Å². The summed E-state index contributed by atoms with van der Waals surface area (Å²) < 4.78 is -0.339. The normalized spacial score (nSPS) is 24.4. The third-order valence-electron chi connectivity index (χ3n) is 3.40. The molecule has 0 heterocycles. The molecule has 1 amide bonds. The van der Waals surface area contributed by atoms with Gasteiger partial charge in [0, 0.05) is 15.6 Å². The van der Waals surface area contributed by atoms with E-state index < -0.39 is 5.41 Å². The smallest absolute Gasteiger partial charge is 0.248 e. The van der Waals surface area contributed by atoms with Crippen molar-refractivity contribution >= 4 is 66.7 Å². The van der Waals surface area contributed by atoms with E-state index in [-0.39, 0.29) is 9.14 Å². The second-order valence-corrected chi connectivity index (χ2v) is 9.59. The fourth-order valence-electron chi connectivity index (χ4n) is 1.74. The lowest BCUT2D eigenvalue weighted by atomic mass is 10.1. The number of hydrogen-bond donors (Lipinski definition) is 1. The van der Waals surface area contributed by atoms with Crippen molar-refractivity contribution in [2.24, 2.45) is 10.5 Å². The van der Waals surface area contributed by atoms with Crippen molar-refractivity contribution in [3.05, 3.63) is 33.8 Å². The summed E-state index contributed by atoms with van der Waals surface area (Å²) in [5.74, 6) is -0.149. The van der Waals surface area contributed by atoms with E-state index in [2.05, 4.69) is 42.4 Å². The van der Waals surface area contributed by atoms with Gasteiger partial charge in [0.15, 0.2) is 0 Å². The molecule has 1 unspecified atom stereocenters. The fourth-order valence-corrected chi connectivity index (χ4v) is 3.65. The van der Waals surface area contributed by atoms with Crippen LogP contribution in [0.15, 0.2) is 23.3 Å². The van der Waals surface area contributed by atoms with Gasteiger partial charge >= 0.3 is 0 Å². The Morgan fingerprint density at radius 1 is 1.40 bits per heavy atom. The summed E-state index contributed by atoms with van der Waals surface area (Å²) in [5, 5.41) is 5.21. The Hall–Kier alpha value is -0.100. The first-order valence-corrected chi connectivity index (χ1v) is 8.19. The molecule has 3 nitrogen and oxygen atoms in total. The van der Waals surface area contributed by atoms with Gasteiger partial charge in [-0.05, 0) is 38.5 Å². The van der Waals surface area contributed by atoms with Crippen molar-refractivity contribution in [3.8, 4) is 0 Å². The van der Waals surface area contributed by atoms with E-state index in [0.717, 1.165) is 0 Å². The van der Waals surface area contributed by atoms with Gasteiger partial charge in [0.1, 0.15) is 0 Å². The van der Waals surface area contributed by atoms with Crippen LogP contribution < -0.4 is 5.43 Å². The van der Waals surface area contributed by atoms with Gasteiger partial charge in [-0.3, -0.25) is 4.79 Å². The predicted octanol–water partition coefficient (Wildman–Crippen LogP) is 4.73. The van der Waals surface area contributed by atoms with Crippen LogP contribution in [0.3, 0.4) is 0 Å². The van der Waals surface area contributed by atoms with Crippen molar-refractivity contribution in [2.45, 2.75) is 23.5 Å². The summed E-state index contributed by atoms with van der Waals surface area (Å²) in [4.78, 5) is 12.1. The maximum atomic E-state index is 12.1. The number of carbonyl (C=O) groups excluding carboxylic acids is 1. The molecule has 1 aliphatic rings. The Morgan fingerprint density at radius 3 is 2.55 bits per heavy atom. The molecular formula is C13H12Br2Cl2N2O. The molecule has 0 spiro atoms. The summed E-state index contributed by atoms with van der Waals surface area (Å²) in [6.07, 6.45) is 0.707.